The number of rotatable bonds is 4. The number of likely N-dealkylation sites (N-methyl/N-ethyl adjacent to an activating group) is 1. The van der Waals surface area contributed by atoms with Crippen LogP contribution < -0.4 is 5.32 Å². The highest BCUT2D eigenvalue weighted by Crippen LogP contribution is 2.38. The second-order valence-corrected chi connectivity index (χ2v) is 6.63. The van der Waals surface area contributed by atoms with Gasteiger partial charge in [0.15, 0.2) is 0 Å². The summed E-state index contributed by atoms with van der Waals surface area (Å²) in [6.45, 7) is 11.0. The molecule has 2 unspecified atom stereocenters. The Hall–Kier alpha value is -0.0800. The molecule has 0 aromatic rings. The van der Waals surface area contributed by atoms with Crippen molar-refractivity contribution in [3.8, 4) is 0 Å². The van der Waals surface area contributed by atoms with E-state index in [0.717, 1.165) is 12.1 Å². The van der Waals surface area contributed by atoms with Crippen molar-refractivity contribution in [1.82, 2.24) is 10.2 Å². The first kappa shape index (κ1) is 13.4. The van der Waals surface area contributed by atoms with E-state index >= 15 is 0 Å². The maximum absolute atomic E-state index is 3.65. The number of hydrogen-bond acceptors (Lipinski definition) is 2. The monoisotopic (exact) mass is 238 g/mol. The van der Waals surface area contributed by atoms with Gasteiger partial charge in [-0.05, 0) is 44.2 Å². The molecule has 2 nitrogen and oxygen atoms in total. The van der Waals surface area contributed by atoms with Gasteiger partial charge in [0.25, 0.3) is 0 Å². The summed E-state index contributed by atoms with van der Waals surface area (Å²) in [6.07, 6.45) is 8.44. The quantitative estimate of drug-likeness (QED) is 0.810. The van der Waals surface area contributed by atoms with E-state index in [1.54, 1.807) is 0 Å². The van der Waals surface area contributed by atoms with Crippen molar-refractivity contribution < 1.29 is 0 Å². The zero-order chi connectivity index (χ0) is 12.3. The van der Waals surface area contributed by atoms with Crippen LogP contribution in [0.5, 0.6) is 0 Å². The first-order valence-electron chi connectivity index (χ1n) is 7.61. The molecule has 17 heavy (non-hydrogen) atoms. The number of nitrogens with one attached hydrogen (secondary N) is 1. The molecule has 0 spiro atoms. The SMILES string of the molecule is CCN(CC1CCCN1)C1CCCCC1(C)C. The summed E-state index contributed by atoms with van der Waals surface area (Å²) in [5, 5.41) is 3.65. The van der Waals surface area contributed by atoms with Crippen LogP contribution in [0.15, 0.2) is 0 Å². The van der Waals surface area contributed by atoms with Gasteiger partial charge in [0, 0.05) is 18.6 Å². The van der Waals surface area contributed by atoms with Gasteiger partial charge in [-0.3, -0.25) is 4.90 Å². The Morgan fingerprint density at radius 3 is 2.59 bits per heavy atom. The van der Waals surface area contributed by atoms with Gasteiger partial charge >= 0.3 is 0 Å². The normalized spacial score (nSPS) is 33.2. The van der Waals surface area contributed by atoms with Crippen molar-refractivity contribution in [3.05, 3.63) is 0 Å². The number of nitrogens with zero attached hydrogens (tertiary/aromatic N) is 1. The summed E-state index contributed by atoms with van der Waals surface area (Å²) in [5.74, 6) is 0. The lowest BCUT2D eigenvalue weighted by Crippen LogP contribution is -2.50. The van der Waals surface area contributed by atoms with Crippen LogP contribution in [0.2, 0.25) is 0 Å². The fourth-order valence-corrected chi connectivity index (χ4v) is 3.82. The summed E-state index contributed by atoms with van der Waals surface area (Å²) < 4.78 is 0. The van der Waals surface area contributed by atoms with Crippen LogP contribution in [0.3, 0.4) is 0 Å². The lowest BCUT2D eigenvalue weighted by atomic mass is 9.72. The van der Waals surface area contributed by atoms with Gasteiger partial charge in [0.2, 0.25) is 0 Å². The molecule has 1 heterocycles. The topological polar surface area (TPSA) is 15.3 Å². The predicted molar refractivity (Wildman–Crippen MR) is 74.3 cm³/mol. The third-order valence-corrected chi connectivity index (χ3v) is 4.91. The van der Waals surface area contributed by atoms with Crippen LogP contribution in [0.1, 0.15) is 59.3 Å². The van der Waals surface area contributed by atoms with E-state index in [2.05, 4.69) is 31.0 Å². The highest BCUT2D eigenvalue weighted by Gasteiger charge is 2.36. The minimum atomic E-state index is 0.521. The molecule has 2 atom stereocenters. The van der Waals surface area contributed by atoms with E-state index < -0.39 is 0 Å². The van der Waals surface area contributed by atoms with E-state index in [9.17, 15) is 0 Å². The predicted octanol–water partition coefficient (Wildman–Crippen LogP) is 3.03. The molecule has 0 aromatic carbocycles. The molecule has 2 aliphatic rings. The molecule has 1 N–H and O–H groups in total. The van der Waals surface area contributed by atoms with Crippen LogP contribution >= 0.6 is 0 Å². The van der Waals surface area contributed by atoms with Gasteiger partial charge in [-0.25, -0.2) is 0 Å². The van der Waals surface area contributed by atoms with E-state index in [1.807, 2.05) is 0 Å². The molecular formula is C15H30N2. The average molecular weight is 238 g/mol. The Bertz CT molecular complexity index is 231. The van der Waals surface area contributed by atoms with Gasteiger partial charge in [0.1, 0.15) is 0 Å². The first-order chi connectivity index (χ1) is 8.13. The van der Waals surface area contributed by atoms with Crippen molar-refractivity contribution in [1.29, 1.82) is 0 Å². The molecule has 1 saturated heterocycles. The second kappa shape index (κ2) is 5.71. The zero-order valence-corrected chi connectivity index (χ0v) is 12.0. The third kappa shape index (κ3) is 3.23. The van der Waals surface area contributed by atoms with Gasteiger partial charge in [0.05, 0.1) is 0 Å². The first-order valence-corrected chi connectivity index (χ1v) is 7.61. The molecule has 0 amide bonds. The lowest BCUT2D eigenvalue weighted by Gasteiger charge is -2.46. The van der Waals surface area contributed by atoms with Crippen LogP contribution in [-0.4, -0.2) is 36.6 Å². The second-order valence-electron chi connectivity index (χ2n) is 6.63. The molecule has 1 aliphatic carbocycles. The molecule has 2 fully saturated rings. The highest BCUT2D eigenvalue weighted by molar-refractivity contribution is 4.91. The molecule has 0 aromatic heterocycles. The summed E-state index contributed by atoms with van der Waals surface area (Å²) >= 11 is 0. The van der Waals surface area contributed by atoms with Gasteiger partial charge in [-0.15, -0.1) is 0 Å². The van der Waals surface area contributed by atoms with Crippen molar-refractivity contribution in [2.75, 3.05) is 19.6 Å². The summed E-state index contributed by atoms with van der Waals surface area (Å²) in [5.41, 5.74) is 0.521. The van der Waals surface area contributed by atoms with Gasteiger partial charge in [-0.1, -0.05) is 33.6 Å². The Morgan fingerprint density at radius 2 is 2.00 bits per heavy atom. The smallest absolute Gasteiger partial charge is 0.0195 e. The fraction of sp³-hybridized carbons (Fsp3) is 1.00. The zero-order valence-electron chi connectivity index (χ0n) is 12.0. The minimum absolute atomic E-state index is 0.521. The van der Waals surface area contributed by atoms with Crippen LogP contribution in [0.25, 0.3) is 0 Å². The third-order valence-electron chi connectivity index (χ3n) is 4.91. The van der Waals surface area contributed by atoms with E-state index in [4.69, 9.17) is 0 Å². The van der Waals surface area contributed by atoms with Crippen molar-refractivity contribution >= 4 is 0 Å². The lowest BCUT2D eigenvalue weighted by molar-refractivity contribution is 0.0471. The van der Waals surface area contributed by atoms with Crippen molar-refractivity contribution in [2.24, 2.45) is 5.41 Å². The van der Waals surface area contributed by atoms with Crippen LogP contribution in [-0.2, 0) is 0 Å². The number of hydrogen-bond donors (Lipinski definition) is 1. The summed E-state index contributed by atoms with van der Waals surface area (Å²) in [4.78, 5) is 2.75. The Kier molecular flexibility index (Phi) is 4.48. The summed E-state index contributed by atoms with van der Waals surface area (Å²) in [6, 6.07) is 1.57. The van der Waals surface area contributed by atoms with Gasteiger partial charge in [-0.2, -0.15) is 0 Å². The Morgan fingerprint density at radius 1 is 1.18 bits per heavy atom. The minimum Gasteiger partial charge on any atom is -0.313 e. The molecule has 1 saturated carbocycles. The average Bonchev–Trinajstić information content (AvgIpc) is 2.79. The molecule has 0 bridgehead atoms. The standard InChI is InChI=1S/C15H30N2/c1-4-17(12-13-8-7-11-16-13)14-9-5-6-10-15(14,2)3/h13-14,16H,4-12H2,1-3H3. The molecule has 2 heteroatoms. The van der Waals surface area contributed by atoms with E-state index in [0.29, 0.717) is 5.41 Å². The van der Waals surface area contributed by atoms with Crippen LogP contribution in [0.4, 0.5) is 0 Å². The molecular weight excluding hydrogens is 208 g/mol. The Labute approximate surface area is 107 Å². The summed E-state index contributed by atoms with van der Waals surface area (Å²) in [7, 11) is 0. The van der Waals surface area contributed by atoms with Crippen LogP contribution in [0, 0.1) is 5.41 Å². The molecule has 2 rings (SSSR count). The fourth-order valence-electron chi connectivity index (χ4n) is 3.82. The molecule has 1 aliphatic heterocycles. The van der Waals surface area contributed by atoms with Crippen molar-refractivity contribution in [2.45, 2.75) is 71.4 Å². The van der Waals surface area contributed by atoms with E-state index in [-0.39, 0.29) is 0 Å². The maximum Gasteiger partial charge on any atom is 0.0195 e. The van der Waals surface area contributed by atoms with Gasteiger partial charge < -0.3 is 5.32 Å². The van der Waals surface area contributed by atoms with E-state index in [1.165, 1.54) is 58.2 Å². The molecule has 100 valence electrons. The largest absolute Gasteiger partial charge is 0.313 e. The molecule has 0 radical (unpaired) electrons. The van der Waals surface area contributed by atoms with Crippen molar-refractivity contribution in [3.63, 3.8) is 0 Å². The Balaban J connectivity index is 1.95. The maximum atomic E-state index is 3.65. The highest BCUT2D eigenvalue weighted by atomic mass is 15.2.